The average Bonchev–Trinajstić information content (AvgIpc) is 2.78. The number of carbonyl (C=O) groups excluding carboxylic acids is 1. The molecular formula is C14H20N2O2. The largest absolute Gasteiger partial charge is 0.383 e. The third kappa shape index (κ3) is 3.01. The number of rotatable bonds is 4. The highest BCUT2D eigenvalue weighted by Crippen LogP contribution is 2.26. The third-order valence-electron chi connectivity index (χ3n) is 3.26. The molecule has 0 aromatic heterocycles. The maximum atomic E-state index is 11.0. The summed E-state index contributed by atoms with van der Waals surface area (Å²) in [6.07, 6.45) is 2.39. The van der Waals surface area contributed by atoms with E-state index in [9.17, 15) is 4.79 Å². The molecule has 1 N–H and O–H groups in total. The predicted molar refractivity (Wildman–Crippen MR) is 73.0 cm³/mol. The summed E-state index contributed by atoms with van der Waals surface area (Å²) in [4.78, 5) is 13.3. The molecule has 0 radical (unpaired) electrons. The molecule has 1 atom stereocenters. The van der Waals surface area contributed by atoms with Crippen LogP contribution < -0.4 is 10.2 Å². The van der Waals surface area contributed by atoms with E-state index in [1.165, 1.54) is 25.5 Å². The molecule has 0 bridgehead atoms. The molecule has 1 aromatic rings. The summed E-state index contributed by atoms with van der Waals surface area (Å²) in [6, 6.07) is 8.47. The molecular weight excluding hydrogens is 228 g/mol. The van der Waals surface area contributed by atoms with Gasteiger partial charge in [0.2, 0.25) is 5.91 Å². The third-order valence-corrected chi connectivity index (χ3v) is 3.26. The van der Waals surface area contributed by atoms with Crippen molar-refractivity contribution in [1.29, 1.82) is 0 Å². The van der Waals surface area contributed by atoms with E-state index >= 15 is 0 Å². The van der Waals surface area contributed by atoms with E-state index in [-0.39, 0.29) is 5.91 Å². The molecule has 1 amide bonds. The minimum Gasteiger partial charge on any atom is -0.383 e. The number of ether oxygens (including phenoxy) is 1. The minimum absolute atomic E-state index is 0.0406. The lowest BCUT2D eigenvalue weighted by atomic mass is 10.2. The zero-order valence-electron chi connectivity index (χ0n) is 11.0. The summed E-state index contributed by atoms with van der Waals surface area (Å²) in [5.41, 5.74) is 2.04. The number of hydrogen-bond acceptors (Lipinski definition) is 3. The zero-order valence-corrected chi connectivity index (χ0v) is 11.0. The van der Waals surface area contributed by atoms with Gasteiger partial charge in [0.1, 0.15) is 0 Å². The summed E-state index contributed by atoms with van der Waals surface area (Å²) in [7, 11) is 1.75. The second-order valence-corrected chi connectivity index (χ2v) is 4.67. The normalized spacial score (nSPS) is 19.0. The number of hydrogen-bond donors (Lipinski definition) is 1. The highest BCUT2D eigenvalue weighted by atomic mass is 16.5. The Morgan fingerprint density at radius 1 is 1.44 bits per heavy atom. The Hall–Kier alpha value is -1.55. The number of benzene rings is 1. The molecule has 0 saturated carbocycles. The van der Waals surface area contributed by atoms with Crippen molar-refractivity contribution in [3.63, 3.8) is 0 Å². The Kier molecular flexibility index (Phi) is 4.20. The quantitative estimate of drug-likeness (QED) is 0.888. The Bertz CT molecular complexity index is 403. The van der Waals surface area contributed by atoms with Crippen molar-refractivity contribution in [3.05, 3.63) is 24.3 Å². The number of nitrogens with zero attached hydrogens (tertiary/aromatic N) is 1. The lowest BCUT2D eigenvalue weighted by Crippen LogP contribution is -2.32. The van der Waals surface area contributed by atoms with Gasteiger partial charge in [0, 0.05) is 32.0 Å². The van der Waals surface area contributed by atoms with Gasteiger partial charge >= 0.3 is 0 Å². The van der Waals surface area contributed by atoms with Crippen LogP contribution in [0.3, 0.4) is 0 Å². The fourth-order valence-electron chi connectivity index (χ4n) is 2.48. The summed E-state index contributed by atoms with van der Waals surface area (Å²) in [5.74, 6) is -0.0406. The molecule has 0 spiro atoms. The molecule has 1 aromatic carbocycles. The number of anilines is 2. The van der Waals surface area contributed by atoms with Gasteiger partial charge < -0.3 is 15.0 Å². The fourth-order valence-corrected chi connectivity index (χ4v) is 2.48. The van der Waals surface area contributed by atoms with Gasteiger partial charge in [-0.2, -0.15) is 0 Å². The van der Waals surface area contributed by atoms with Crippen LogP contribution in [0, 0.1) is 0 Å². The summed E-state index contributed by atoms with van der Waals surface area (Å²) in [5, 5.41) is 2.78. The first-order valence-electron chi connectivity index (χ1n) is 6.34. The molecule has 0 aliphatic carbocycles. The Labute approximate surface area is 108 Å². The number of nitrogens with one attached hydrogen (secondary N) is 1. The minimum atomic E-state index is -0.0406. The lowest BCUT2D eigenvalue weighted by molar-refractivity contribution is -0.114. The molecule has 18 heavy (non-hydrogen) atoms. The van der Waals surface area contributed by atoms with Crippen LogP contribution in [-0.4, -0.2) is 32.2 Å². The van der Waals surface area contributed by atoms with Crippen molar-refractivity contribution in [2.24, 2.45) is 0 Å². The molecule has 1 saturated heterocycles. The highest BCUT2D eigenvalue weighted by Gasteiger charge is 2.24. The fraction of sp³-hybridized carbons (Fsp3) is 0.500. The van der Waals surface area contributed by atoms with Crippen molar-refractivity contribution in [1.82, 2.24) is 0 Å². The second kappa shape index (κ2) is 5.87. The van der Waals surface area contributed by atoms with Gasteiger partial charge in [-0.1, -0.05) is 0 Å². The first kappa shape index (κ1) is 12.9. The first-order valence-corrected chi connectivity index (χ1v) is 6.34. The molecule has 4 heteroatoms. The predicted octanol–water partition coefficient (Wildman–Crippen LogP) is 2.26. The maximum absolute atomic E-state index is 11.0. The zero-order chi connectivity index (χ0) is 13.0. The van der Waals surface area contributed by atoms with Crippen molar-refractivity contribution >= 4 is 17.3 Å². The van der Waals surface area contributed by atoms with Crippen LogP contribution in [0.25, 0.3) is 0 Å². The van der Waals surface area contributed by atoms with Crippen LogP contribution in [0.1, 0.15) is 19.8 Å². The molecule has 2 rings (SSSR count). The standard InChI is InChI=1S/C14H20N2O2/c1-11(17)15-12-5-7-13(8-6-12)16-9-3-4-14(16)10-18-2/h5-8,14H,3-4,9-10H2,1-2H3,(H,15,17)/t14-/m0/s1. The molecule has 4 nitrogen and oxygen atoms in total. The lowest BCUT2D eigenvalue weighted by Gasteiger charge is -2.26. The molecule has 0 unspecified atom stereocenters. The van der Waals surface area contributed by atoms with Crippen molar-refractivity contribution < 1.29 is 9.53 Å². The summed E-state index contributed by atoms with van der Waals surface area (Å²) < 4.78 is 5.26. The topological polar surface area (TPSA) is 41.6 Å². The van der Waals surface area contributed by atoms with Gasteiger partial charge in [-0.3, -0.25) is 4.79 Å². The average molecular weight is 248 g/mol. The van der Waals surface area contributed by atoms with E-state index in [2.05, 4.69) is 22.3 Å². The van der Waals surface area contributed by atoms with Gasteiger partial charge in [0.05, 0.1) is 12.6 Å². The van der Waals surface area contributed by atoms with E-state index in [1.54, 1.807) is 7.11 Å². The first-order chi connectivity index (χ1) is 8.70. The van der Waals surface area contributed by atoms with E-state index in [0.717, 1.165) is 18.8 Å². The van der Waals surface area contributed by atoms with E-state index in [0.29, 0.717) is 6.04 Å². The van der Waals surface area contributed by atoms with Crippen LogP contribution in [-0.2, 0) is 9.53 Å². The van der Waals surface area contributed by atoms with Crippen molar-refractivity contribution in [3.8, 4) is 0 Å². The van der Waals surface area contributed by atoms with Crippen LogP contribution in [0.2, 0.25) is 0 Å². The summed E-state index contributed by atoms with van der Waals surface area (Å²) >= 11 is 0. The summed E-state index contributed by atoms with van der Waals surface area (Å²) in [6.45, 7) is 3.37. The maximum Gasteiger partial charge on any atom is 0.221 e. The molecule has 1 aliphatic rings. The van der Waals surface area contributed by atoms with Gasteiger partial charge in [-0.25, -0.2) is 0 Å². The Morgan fingerprint density at radius 2 is 2.17 bits per heavy atom. The number of amides is 1. The monoisotopic (exact) mass is 248 g/mol. The van der Waals surface area contributed by atoms with Crippen LogP contribution in [0.4, 0.5) is 11.4 Å². The second-order valence-electron chi connectivity index (χ2n) is 4.67. The van der Waals surface area contributed by atoms with Gasteiger partial charge in [0.25, 0.3) is 0 Å². The SMILES string of the molecule is COC[C@@H]1CCCN1c1ccc(NC(C)=O)cc1. The van der Waals surface area contributed by atoms with Crippen molar-refractivity contribution in [2.45, 2.75) is 25.8 Å². The van der Waals surface area contributed by atoms with E-state index in [4.69, 9.17) is 4.74 Å². The molecule has 1 aliphatic heterocycles. The van der Waals surface area contributed by atoms with E-state index < -0.39 is 0 Å². The number of carbonyl (C=O) groups is 1. The van der Waals surface area contributed by atoms with Gasteiger partial charge in [-0.05, 0) is 37.1 Å². The van der Waals surface area contributed by atoms with E-state index in [1.807, 2.05) is 12.1 Å². The van der Waals surface area contributed by atoms with Gasteiger partial charge in [-0.15, -0.1) is 0 Å². The highest BCUT2D eigenvalue weighted by molar-refractivity contribution is 5.88. The van der Waals surface area contributed by atoms with Crippen molar-refractivity contribution in [2.75, 3.05) is 30.5 Å². The van der Waals surface area contributed by atoms with Crippen LogP contribution in [0.15, 0.2) is 24.3 Å². The molecule has 1 heterocycles. The smallest absolute Gasteiger partial charge is 0.221 e. The molecule has 1 fully saturated rings. The Morgan fingerprint density at radius 3 is 2.78 bits per heavy atom. The van der Waals surface area contributed by atoms with Crippen LogP contribution in [0.5, 0.6) is 0 Å². The number of methoxy groups -OCH3 is 1. The van der Waals surface area contributed by atoms with Gasteiger partial charge in [0.15, 0.2) is 0 Å². The molecule has 98 valence electrons. The Balaban J connectivity index is 2.06. The van der Waals surface area contributed by atoms with Crippen LogP contribution >= 0.6 is 0 Å².